The molecule has 0 radical (unpaired) electrons. The van der Waals surface area contributed by atoms with Gasteiger partial charge in [-0.2, -0.15) is 0 Å². The second kappa shape index (κ2) is 8.31. The highest BCUT2D eigenvalue weighted by atomic mass is 32.2. The SMILES string of the molecule is CNC(=O)NC(=O)[C@@H](C)OC(=O)[C@H](C)Sc1ccccc1. The predicted octanol–water partition coefficient (Wildman–Crippen LogP) is 1.55. The molecule has 0 bridgehead atoms. The van der Waals surface area contributed by atoms with Gasteiger partial charge in [0, 0.05) is 11.9 Å². The molecule has 114 valence electrons. The number of urea groups is 1. The minimum Gasteiger partial charge on any atom is -0.452 e. The van der Waals surface area contributed by atoms with Crippen LogP contribution in [0.15, 0.2) is 35.2 Å². The largest absolute Gasteiger partial charge is 0.452 e. The van der Waals surface area contributed by atoms with Crippen LogP contribution in [0.2, 0.25) is 0 Å². The minimum absolute atomic E-state index is 0.456. The molecule has 0 unspecified atom stereocenters. The maximum Gasteiger partial charge on any atom is 0.321 e. The van der Waals surface area contributed by atoms with E-state index >= 15 is 0 Å². The van der Waals surface area contributed by atoms with Gasteiger partial charge < -0.3 is 10.1 Å². The second-order valence-corrected chi connectivity index (χ2v) is 5.63. The van der Waals surface area contributed by atoms with Crippen molar-refractivity contribution in [3.05, 3.63) is 30.3 Å². The van der Waals surface area contributed by atoms with Crippen LogP contribution in [0.1, 0.15) is 13.8 Å². The summed E-state index contributed by atoms with van der Waals surface area (Å²) >= 11 is 1.34. The van der Waals surface area contributed by atoms with E-state index in [1.807, 2.05) is 30.3 Å². The Bertz CT molecular complexity index is 507. The van der Waals surface area contributed by atoms with Gasteiger partial charge in [0.2, 0.25) is 0 Å². The van der Waals surface area contributed by atoms with E-state index in [1.54, 1.807) is 6.92 Å². The maximum atomic E-state index is 11.9. The molecule has 2 N–H and O–H groups in total. The highest BCUT2D eigenvalue weighted by molar-refractivity contribution is 8.00. The van der Waals surface area contributed by atoms with Gasteiger partial charge in [-0.05, 0) is 26.0 Å². The van der Waals surface area contributed by atoms with Gasteiger partial charge in [0.15, 0.2) is 6.10 Å². The zero-order valence-electron chi connectivity index (χ0n) is 12.1. The van der Waals surface area contributed by atoms with Crippen LogP contribution in [0.4, 0.5) is 4.79 Å². The molecule has 0 fully saturated rings. The first-order valence-electron chi connectivity index (χ1n) is 6.38. The third-order valence-electron chi connectivity index (χ3n) is 2.51. The topological polar surface area (TPSA) is 84.5 Å². The van der Waals surface area contributed by atoms with Crippen LogP contribution in [0.25, 0.3) is 0 Å². The van der Waals surface area contributed by atoms with Crippen LogP contribution in [-0.4, -0.2) is 36.3 Å². The Morgan fingerprint density at radius 3 is 2.33 bits per heavy atom. The van der Waals surface area contributed by atoms with E-state index in [0.29, 0.717) is 0 Å². The number of nitrogens with one attached hydrogen (secondary N) is 2. The molecule has 0 aliphatic rings. The number of thioether (sulfide) groups is 1. The van der Waals surface area contributed by atoms with Crippen molar-refractivity contribution < 1.29 is 19.1 Å². The Balaban J connectivity index is 2.48. The van der Waals surface area contributed by atoms with Crippen LogP contribution < -0.4 is 10.6 Å². The number of ether oxygens (including phenoxy) is 1. The van der Waals surface area contributed by atoms with Crippen molar-refractivity contribution in [3.63, 3.8) is 0 Å². The highest BCUT2D eigenvalue weighted by Crippen LogP contribution is 2.23. The molecule has 1 rings (SSSR count). The van der Waals surface area contributed by atoms with Crippen molar-refractivity contribution in [2.45, 2.75) is 30.1 Å². The van der Waals surface area contributed by atoms with Gasteiger partial charge in [-0.3, -0.25) is 14.9 Å². The molecule has 6 nitrogen and oxygen atoms in total. The summed E-state index contributed by atoms with van der Waals surface area (Å²) < 4.78 is 5.04. The molecule has 0 spiro atoms. The Morgan fingerprint density at radius 1 is 1.14 bits per heavy atom. The molecule has 0 aromatic heterocycles. The van der Waals surface area contributed by atoms with Gasteiger partial charge in [0.05, 0.1) is 0 Å². The maximum absolute atomic E-state index is 11.9. The molecule has 0 saturated heterocycles. The number of carbonyl (C=O) groups is 3. The summed E-state index contributed by atoms with van der Waals surface area (Å²) in [5.41, 5.74) is 0. The van der Waals surface area contributed by atoms with Gasteiger partial charge in [0.25, 0.3) is 5.91 Å². The molecule has 0 heterocycles. The summed E-state index contributed by atoms with van der Waals surface area (Å²) in [5.74, 6) is -1.18. The van der Waals surface area contributed by atoms with Gasteiger partial charge in [-0.1, -0.05) is 18.2 Å². The number of benzene rings is 1. The second-order valence-electron chi connectivity index (χ2n) is 4.22. The van der Waals surface area contributed by atoms with Crippen molar-refractivity contribution >= 4 is 29.7 Å². The van der Waals surface area contributed by atoms with Gasteiger partial charge >= 0.3 is 12.0 Å². The lowest BCUT2D eigenvalue weighted by Crippen LogP contribution is -2.44. The first kappa shape index (κ1) is 17.0. The molecule has 1 aromatic carbocycles. The number of carbonyl (C=O) groups excluding carboxylic acids is 3. The summed E-state index contributed by atoms with van der Waals surface area (Å²) in [4.78, 5) is 35.4. The molecule has 0 aliphatic carbocycles. The van der Waals surface area contributed by atoms with Gasteiger partial charge in [-0.15, -0.1) is 11.8 Å². The van der Waals surface area contributed by atoms with E-state index in [9.17, 15) is 14.4 Å². The summed E-state index contributed by atoms with van der Waals surface area (Å²) in [7, 11) is 1.39. The Labute approximate surface area is 127 Å². The number of hydrogen-bond donors (Lipinski definition) is 2. The van der Waals surface area contributed by atoms with Crippen molar-refractivity contribution in [2.24, 2.45) is 0 Å². The molecule has 0 aliphatic heterocycles. The molecule has 7 heteroatoms. The summed E-state index contributed by atoms with van der Waals surface area (Å²) in [6.45, 7) is 3.11. The van der Waals surface area contributed by atoms with E-state index in [2.05, 4.69) is 10.6 Å². The third-order valence-corrected chi connectivity index (χ3v) is 3.60. The quantitative estimate of drug-likeness (QED) is 0.637. The Kier molecular flexibility index (Phi) is 6.74. The molecule has 21 heavy (non-hydrogen) atoms. The smallest absolute Gasteiger partial charge is 0.321 e. The average Bonchev–Trinajstić information content (AvgIpc) is 2.47. The fourth-order valence-corrected chi connectivity index (χ4v) is 2.23. The Morgan fingerprint density at radius 2 is 1.76 bits per heavy atom. The summed E-state index contributed by atoms with van der Waals surface area (Å²) in [5, 5.41) is 3.84. The van der Waals surface area contributed by atoms with E-state index in [0.717, 1.165) is 4.90 Å². The molecule has 0 saturated carbocycles. The number of amides is 3. The average molecular weight is 310 g/mol. The van der Waals surface area contributed by atoms with Gasteiger partial charge in [0.1, 0.15) is 5.25 Å². The number of rotatable bonds is 5. The standard InChI is InChI=1S/C14H18N2O4S/c1-9(12(17)16-14(19)15-3)20-13(18)10(2)21-11-7-5-4-6-8-11/h4-10H,1-3H3,(H2,15,16,17,19)/t9-,10+/m1/s1. The lowest BCUT2D eigenvalue weighted by Gasteiger charge is -2.16. The van der Waals surface area contributed by atoms with Crippen LogP contribution in [0, 0.1) is 0 Å². The number of esters is 1. The monoisotopic (exact) mass is 310 g/mol. The lowest BCUT2D eigenvalue weighted by molar-refractivity contribution is -0.153. The van der Waals surface area contributed by atoms with E-state index in [4.69, 9.17) is 4.74 Å². The zero-order chi connectivity index (χ0) is 15.8. The fourth-order valence-electron chi connectivity index (χ4n) is 1.35. The number of hydrogen-bond acceptors (Lipinski definition) is 5. The Hall–Kier alpha value is -2.02. The zero-order valence-corrected chi connectivity index (χ0v) is 12.9. The van der Waals surface area contributed by atoms with E-state index in [1.165, 1.54) is 25.7 Å². The van der Waals surface area contributed by atoms with Crippen LogP contribution in [0.5, 0.6) is 0 Å². The van der Waals surface area contributed by atoms with E-state index in [-0.39, 0.29) is 0 Å². The third kappa shape index (κ3) is 5.86. The van der Waals surface area contributed by atoms with Gasteiger partial charge in [-0.25, -0.2) is 4.79 Å². The lowest BCUT2D eigenvalue weighted by atomic mass is 10.3. The molecule has 1 aromatic rings. The van der Waals surface area contributed by atoms with Crippen LogP contribution in [0.3, 0.4) is 0 Å². The minimum atomic E-state index is -1.03. The van der Waals surface area contributed by atoms with Crippen LogP contribution in [-0.2, 0) is 14.3 Å². The van der Waals surface area contributed by atoms with E-state index < -0.39 is 29.3 Å². The van der Waals surface area contributed by atoms with Crippen molar-refractivity contribution in [2.75, 3.05) is 7.05 Å². The molecular weight excluding hydrogens is 292 g/mol. The molecular formula is C14H18N2O4S. The molecule has 2 atom stereocenters. The first-order chi connectivity index (χ1) is 9.93. The predicted molar refractivity (Wildman–Crippen MR) is 79.9 cm³/mol. The normalized spacial score (nSPS) is 12.9. The fraction of sp³-hybridized carbons (Fsp3) is 0.357. The summed E-state index contributed by atoms with van der Waals surface area (Å²) in [6, 6.07) is 8.76. The first-order valence-corrected chi connectivity index (χ1v) is 7.26. The van der Waals surface area contributed by atoms with Crippen molar-refractivity contribution in [1.29, 1.82) is 0 Å². The molecule has 3 amide bonds. The van der Waals surface area contributed by atoms with Crippen LogP contribution >= 0.6 is 11.8 Å². The highest BCUT2D eigenvalue weighted by Gasteiger charge is 2.23. The van der Waals surface area contributed by atoms with Crippen molar-refractivity contribution in [1.82, 2.24) is 10.6 Å². The van der Waals surface area contributed by atoms with Crippen molar-refractivity contribution in [3.8, 4) is 0 Å². The number of imide groups is 1. The summed E-state index contributed by atoms with van der Waals surface area (Å²) in [6.07, 6.45) is -1.03.